The second-order valence-electron chi connectivity index (χ2n) is 8.12. The molecule has 0 unspecified atom stereocenters. The van der Waals surface area contributed by atoms with E-state index in [1.807, 2.05) is 18.2 Å². The maximum atomic E-state index is 12.5. The molecule has 0 saturated heterocycles. The molecule has 33 heavy (non-hydrogen) atoms. The minimum atomic E-state index is -0.214. The summed E-state index contributed by atoms with van der Waals surface area (Å²) in [6.07, 6.45) is 1.31. The van der Waals surface area contributed by atoms with Crippen molar-refractivity contribution in [2.75, 3.05) is 6.54 Å². The van der Waals surface area contributed by atoms with Gasteiger partial charge in [0.1, 0.15) is 16.4 Å². The first-order chi connectivity index (χ1) is 16.0. The van der Waals surface area contributed by atoms with Crippen molar-refractivity contribution < 1.29 is 14.2 Å². The summed E-state index contributed by atoms with van der Waals surface area (Å²) in [6, 6.07) is 21.6. The predicted molar refractivity (Wildman–Crippen MR) is 126 cm³/mol. The number of benzene rings is 2. The van der Waals surface area contributed by atoms with E-state index in [1.54, 1.807) is 24.3 Å². The molecule has 5 rings (SSSR count). The number of hydrogen-bond donors (Lipinski definition) is 0. The molecule has 2 aromatic carbocycles. The fourth-order valence-electron chi connectivity index (χ4n) is 4.26. The fraction of sp³-hybridized carbons (Fsp3) is 0.192. The van der Waals surface area contributed by atoms with Crippen molar-refractivity contribution in [1.82, 2.24) is 15.1 Å². The number of fused-ring (bicyclic) bond motifs is 1. The van der Waals surface area contributed by atoms with Crippen molar-refractivity contribution >= 4 is 23.2 Å². The highest BCUT2D eigenvalue weighted by Gasteiger charge is 2.34. The minimum Gasteiger partial charge on any atom is -0.274 e. The smallest absolute Gasteiger partial charge is 0.274 e. The monoisotopic (exact) mass is 455 g/mol. The normalized spacial score (nSPS) is 13.0. The van der Waals surface area contributed by atoms with Gasteiger partial charge in [-0.3, -0.25) is 14.5 Å². The zero-order valence-electron chi connectivity index (χ0n) is 18.5. The molecular weight excluding hydrogens is 432 g/mol. The van der Waals surface area contributed by atoms with Crippen molar-refractivity contribution in [2.24, 2.45) is 0 Å². The fourth-order valence-corrected chi connectivity index (χ4v) is 5.26. The van der Waals surface area contributed by atoms with Gasteiger partial charge in [0, 0.05) is 13.0 Å². The van der Waals surface area contributed by atoms with Gasteiger partial charge in [-0.1, -0.05) is 42.5 Å². The van der Waals surface area contributed by atoms with Gasteiger partial charge >= 0.3 is 5.13 Å². The lowest BCUT2D eigenvalue weighted by molar-refractivity contribution is -0.609. The summed E-state index contributed by atoms with van der Waals surface area (Å²) in [5, 5.41) is 10.5. The van der Waals surface area contributed by atoms with Crippen molar-refractivity contribution in [3.05, 3.63) is 94.3 Å². The Balaban J connectivity index is 1.28. The Morgan fingerprint density at radius 2 is 1.42 bits per heavy atom. The van der Waals surface area contributed by atoms with Gasteiger partial charge in [0.25, 0.3) is 11.8 Å². The lowest BCUT2D eigenvalue weighted by atomic mass is 10.0. The number of carbonyl (C=O) groups excluding carboxylic acids is 2. The average molecular weight is 456 g/mol. The van der Waals surface area contributed by atoms with Gasteiger partial charge in [-0.05, 0) is 72.1 Å². The van der Waals surface area contributed by atoms with Gasteiger partial charge in [-0.25, -0.2) is 0 Å². The Labute approximate surface area is 196 Å². The van der Waals surface area contributed by atoms with Crippen LogP contribution in [0.5, 0.6) is 0 Å². The second-order valence-corrected chi connectivity index (χ2v) is 9.16. The van der Waals surface area contributed by atoms with E-state index >= 15 is 0 Å². The molecular formula is C26H23N4O2S+. The Bertz CT molecular complexity index is 1310. The van der Waals surface area contributed by atoms with Crippen LogP contribution in [0.4, 0.5) is 0 Å². The maximum Gasteiger partial charge on any atom is 0.415 e. The number of imide groups is 1. The quantitative estimate of drug-likeness (QED) is 0.321. The van der Waals surface area contributed by atoms with Crippen LogP contribution in [0.15, 0.2) is 66.7 Å². The summed E-state index contributed by atoms with van der Waals surface area (Å²) in [6.45, 7) is 4.52. The van der Waals surface area contributed by atoms with Gasteiger partial charge in [0.05, 0.1) is 16.2 Å². The molecule has 0 aliphatic carbocycles. The van der Waals surface area contributed by atoms with Gasteiger partial charge in [-0.2, -0.15) is 4.57 Å². The molecule has 2 aromatic heterocycles. The maximum absolute atomic E-state index is 12.5. The third-order valence-corrected chi connectivity index (χ3v) is 6.81. The van der Waals surface area contributed by atoms with E-state index in [4.69, 9.17) is 0 Å². The molecule has 4 aromatic rings. The number of nitrogens with zero attached hydrogens (tertiary/aromatic N) is 4. The molecule has 0 N–H and O–H groups in total. The largest absolute Gasteiger partial charge is 0.415 e. The standard InChI is InChI=1S/C26H23N4O2S/c1-17-15-20(19-9-4-3-5-10-19)16-18(2)30(17)26-28-27-23(33-26)13-8-14-29-24(31)21-11-6-7-12-22(21)25(29)32/h3-7,9-12,15-16H,8,13-14H2,1-2H3/q+1. The molecule has 0 spiro atoms. The predicted octanol–water partition coefficient (Wildman–Crippen LogP) is 4.33. The Kier molecular flexibility index (Phi) is 5.56. The van der Waals surface area contributed by atoms with Gasteiger partial charge in [0.15, 0.2) is 0 Å². The number of pyridine rings is 1. The first kappa shape index (κ1) is 21.2. The van der Waals surface area contributed by atoms with Crippen LogP contribution in [0, 0.1) is 13.8 Å². The summed E-state index contributed by atoms with van der Waals surface area (Å²) in [5.41, 5.74) is 5.50. The Morgan fingerprint density at radius 1 is 0.818 bits per heavy atom. The third-order valence-electron chi connectivity index (χ3n) is 5.84. The van der Waals surface area contributed by atoms with Crippen molar-refractivity contribution in [1.29, 1.82) is 0 Å². The molecule has 0 atom stereocenters. The number of aromatic nitrogens is 3. The number of hydrogen-bond acceptors (Lipinski definition) is 5. The summed E-state index contributed by atoms with van der Waals surface area (Å²) >= 11 is 1.54. The van der Waals surface area contributed by atoms with Gasteiger partial charge < -0.3 is 0 Å². The summed E-state index contributed by atoms with van der Waals surface area (Å²) < 4.78 is 2.11. The van der Waals surface area contributed by atoms with E-state index in [0.717, 1.165) is 21.5 Å². The molecule has 6 nitrogen and oxygen atoms in total. The Morgan fingerprint density at radius 3 is 2.06 bits per heavy atom. The highest BCUT2D eigenvalue weighted by atomic mass is 32.1. The molecule has 0 radical (unpaired) electrons. The number of aryl methyl sites for hydroxylation is 3. The summed E-state index contributed by atoms with van der Waals surface area (Å²) in [4.78, 5) is 26.4. The minimum absolute atomic E-state index is 0.214. The first-order valence-corrected chi connectivity index (χ1v) is 11.7. The van der Waals surface area contributed by atoms with E-state index < -0.39 is 0 Å². The first-order valence-electron chi connectivity index (χ1n) is 10.9. The summed E-state index contributed by atoms with van der Waals surface area (Å²) in [7, 11) is 0. The second kappa shape index (κ2) is 8.67. The highest BCUT2D eigenvalue weighted by molar-refractivity contribution is 7.13. The topological polar surface area (TPSA) is 67.0 Å². The van der Waals surface area contributed by atoms with Crippen molar-refractivity contribution in [3.8, 4) is 16.3 Å². The molecule has 7 heteroatoms. The van der Waals surface area contributed by atoms with Crippen LogP contribution in [-0.2, 0) is 6.42 Å². The number of carbonyl (C=O) groups is 2. The molecule has 3 heterocycles. The van der Waals surface area contributed by atoms with E-state index in [2.05, 4.69) is 52.9 Å². The molecule has 164 valence electrons. The lowest BCUT2D eigenvalue weighted by Gasteiger charge is -2.12. The molecule has 2 amide bonds. The molecule has 0 bridgehead atoms. The number of rotatable bonds is 6. The van der Waals surface area contributed by atoms with Crippen molar-refractivity contribution in [2.45, 2.75) is 26.7 Å². The van der Waals surface area contributed by atoms with Crippen LogP contribution >= 0.6 is 11.3 Å². The molecule has 1 aliphatic heterocycles. The highest BCUT2D eigenvalue weighted by Crippen LogP contribution is 2.24. The van der Waals surface area contributed by atoms with Crippen LogP contribution in [0.3, 0.4) is 0 Å². The van der Waals surface area contributed by atoms with Crippen LogP contribution < -0.4 is 4.57 Å². The zero-order valence-corrected chi connectivity index (χ0v) is 19.3. The zero-order chi connectivity index (χ0) is 22.9. The van der Waals surface area contributed by atoms with Crippen molar-refractivity contribution in [3.63, 3.8) is 0 Å². The Hall–Kier alpha value is -3.71. The number of amides is 2. The van der Waals surface area contributed by atoms with E-state index in [1.165, 1.54) is 27.4 Å². The SMILES string of the molecule is Cc1cc(-c2ccccc2)cc(C)[n+]1-c1nnc(CCCN2C(=O)c3ccccc3C2=O)s1. The van der Waals surface area contributed by atoms with Crippen LogP contribution in [0.2, 0.25) is 0 Å². The molecule has 1 aliphatic rings. The molecule has 0 saturated carbocycles. The van der Waals surface area contributed by atoms with Gasteiger partial charge in [0.2, 0.25) is 0 Å². The third kappa shape index (κ3) is 3.96. The average Bonchev–Trinajstić information content (AvgIpc) is 3.38. The van der Waals surface area contributed by atoms with Crippen LogP contribution in [0.25, 0.3) is 16.3 Å². The molecule has 0 fully saturated rings. The van der Waals surface area contributed by atoms with Crippen LogP contribution in [0.1, 0.15) is 43.5 Å². The van der Waals surface area contributed by atoms with E-state index in [9.17, 15) is 9.59 Å². The van der Waals surface area contributed by atoms with E-state index in [-0.39, 0.29) is 11.8 Å². The van der Waals surface area contributed by atoms with Gasteiger partial charge in [-0.15, -0.1) is 0 Å². The van der Waals surface area contributed by atoms with Crippen LogP contribution in [-0.4, -0.2) is 33.5 Å². The van der Waals surface area contributed by atoms with E-state index in [0.29, 0.717) is 30.5 Å². The summed E-state index contributed by atoms with van der Waals surface area (Å²) in [5.74, 6) is -0.428. The lowest BCUT2D eigenvalue weighted by Crippen LogP contribution is -2.37.